The van der Waals surface area contributed by atoms with Gasteiger partial charge in [-0.3, -0.25) is 0 Å². The van der Waals surface area contributed by atoms with Crippen LogP contribution in [0.4, 0.5) is 5.69 Å². The predicted molar refractivity (Wildman–Crippen MR) is 60.4 cm³/mol. The molecule has 0 saturated heterocycles. The Hall–Kier alpha value is -1.02. The first kappa shape index (κ1) is 8.57. The highest BCUT2D eigenvalue weighted by molar-refractivity contribution is 7.17. The molecular formula is C11H13NS. The molecule has 1 heterocycles. The Morgan fingerprint density at radius 1 is 1.38 bits per heavy atom. The Balaban J connectivity index is 2.85. The van der Waals surface area contributed by atoms with E-state index in [-0.39, 0.29) is 0 Å². The highest BCUT2D eigenvalue weighted by Gasteiger charge is 2.06. The number of nitrogens with two attached hydrogens (primary N) is 1. The fraction of sp³-hybridized carbons (Fsp3) is 0.273. The van der Waals surface area contributed by atoms with E-state index in [1.54, 1.807) is 11.3 Å². The molecule has 0 atom stereocenters. The number of benzene rings is 1. The minimum Gasteiger partial charge on any atom is -0.398 e. The van der Waals surface area contributed by atoms with Crippen molar-refractivity contribution in [2.75, 3.05) is 5.73 Å². The molecule has 0 saturated carbocycles. The van der Waals surface area contributed by atoms with Gasteiger partial charge in [0.25, 0.3) is 0 Å². The van der Waals surface area contributed by atoms with E-state index in [2.05, 4.69) is 31.4 Å². The zero-order chi connectivity index (χ0) is 9.42. The van der Waals surface area contributed by atoms with E-state index in [1.807, 2.05) is 0 Å². The van der Waals surface area contributed by atoms with E-state index in [1.165, 1.54) is 21.2 Å². The van der Waals surface area contributed by atoms with Crippen molar-refractivity contribution in [3.8, 4) is 0 Å². The molecule has 0 aliphatic rings. The van der Waals surface area contributed by atoms with Gasteiger partial charge in [0.15, 0.2) is 0 Å². The zero-order valence-corrected chi connectivity index (χ0v) is 8.74. The van der Waals surface area contributed by atoms with Crippen LogP contribution in [0.5, 0.6) is 0 Å². The summed E-state index contributed by atoms with van der Waals surface area (Å²) in [6, 6.07) is 4.25. The smallest absolute Gasteiger partial charge is 0.0434 e. The van der Waals surface area contributed by atoms with Crippen LogP contribution in [-0.2, 0) is 6.42 Å². The van der Waals surface area contributed by atoms with Crippen LogP contribution in [0.25, 0.3) is 10.1 Å². The van der Waals surface area contributed by atoms with E-state index in [0.29, 0.717) is 0 Å². The second kappa shape index (κ2) is 3.04. The van der Waals surface area contributed by atoms with Gasteiger partial charge >= 0.3 is 0 Å². The molecule has 0 fully saturated rings. The summed E-state index contributed by atoms with van der Waals surface area (Å²) in [5.41, 5.74) is 9.56. The minimum absolute atomic E-state index is 0.954. The number of rotatable bonds is 1. The maximum atomic E-state index is 6.05. The van der Waals surface area contributed by atoms with E-state index in [9.17, 15) is 0 Å². The molecule has 0 spiro atoms. The van der Waals surface area contributed by atoms with Crippen molar-refractivity contribution in [2.24, 2.45) is 0 Å². The quantitative estimate of drug-likeness (QED) is 0.687. The third-order valence-corrected chi connectivity index (χ3v) is 3.45. The molecule has 1 aromatic heterocycles. The van der Waals surface area contributed by atoms with Crippen molar-refractivity contribution in [3.05, 3.63) is 28.6 Å². The summed E-state index contributed by atoms with van der Waals surface area (Å²) in [5, 5.41) is 3.48. The predicted octanol–water partition coefficient (Wildman–Crippen LogP) is 3.35. The van der Waals surface area contributed by atoms with Gasteiger partial charge in [-0.1, -0.05) is 13.0 Å². The van der Waals surface area contributed by atoms with E-state index >= 15 is 0 Å². The Kier molecular flexibility index (Phi) is 2.00. The number of fused-ring (bicyclic) bond motifs is 1. The monoisotopic (exact) mass is 191 g/mol. The molecule has 0 amide bonds. The summed E-state index contributed by atoms with van der Waals surface area (Å²) >= 11 is 1.78. The maximum absolute atomic E-state index is 6.05. The van der Waals surface area contributed by atoms with Crippen molar-refractivity contribution >= 4 is 27.1 Å². The van der Waals surface area contributed by atoms with Crippen LogP contribution in [0.3, 0.4) is 0 Å². The zero-order valence-electron chi connectivity index (χ0n) is 7.92. The van der Waals surface area contributed by atoms with Gasteiger partial charge in [-0.15, -0.1) is 11.3 Å². The van der Waals surface area contributed by atoms with Crippen molar-refractivity contribution in [3.63, 3.8) is 0 Å². The number of hydrogen-bond acceptors (Lipinski definition) is 2. The molecule has 0 aliphatic carbocycles. The molecule has 2 aromatic rings. The van der Waals surface area contributed by atoms with Crippen molar-refractivity contribution in [2.45, 2.75) is 20.3 Å². The van der Waals surface area contributed by atoms with E-state index < -0.39 is 0 Å². The van der Waals surface area contributed by atoms with Crippen LogP contribution >= 0.6 is 11.3 Å². The van der Waals surface area contributed by atoms with Gasteiger partial charge in [0.05, 0.1) is 0 Å². The molecule has 0 bridgehead atoms. The van der Waals surface area contributed by atoms with Crippen LogP contribution in [-0.4, -0.2) is 0 Å². The lowest BCUT2D eigenvalue weighted by atomic mass is 10.1. The first-order valence-electron chi connectivity index (χ1n) is 4.49. The van der Waals surface area contributed by atoms with Crippen molar-refractivity contribution in [1.82, 2.24) is 0 Å². The maximum Gasteiger partial charge on any atom is 0.0434 e. The summed E-state index contributed by atoms with van der Waals surface area (Å²) in [6.45, 7) is 4.23. The molecule has 2 N–H and O–H groups in total. The second-order valence-corrected chi connectivity index (χ2v) is 4.19. The third-order valence-electron chi connectivity index (χ3n) is 2.46. The van der Waals surface area contributed by atoms with Gasteiger partial charge in [-0.2, -0.15) is 0 Å². The first-order chi connectivity index (χ1) is 6.24. The van der Waals surface area contributed by atoms with Crippen LogP contribution in [0.2, 0.25) is 0 Å². The lowest BCUT2D eigenvalue weighted by Gasteiger charge is -2.03. The molecule has 13 heavy (non-hydrogen) atoms. The Bertz CT molecular complexity index is 443. The van der Waals surface area contributed by atoms with Crippen molar-refractivity contribution < 1.29 is 0 Å². The van der Waals surface area contributed by atoms with Gasteiger partial charge in [0, 0.05) is 15.8 Å². The molecule has 68 valence electrons. The minimum atomic E-state index is 0.954. The number of anilines is 1. The summed E-state index contributed by atoms with van der Waals surface area (Å²) in [6.07, 6.45) is 1.06. The lowest BCUT2D eigenvalue weighted by molar-refractivity contribution is 1.17. The summed E-state index contributed by atoms with van der Waals surface area (Å²) < 4.78 is 1.31. The fourth-order valence-corrected chi connectivity index (χ4v) is 2.65. The Morgan fingerprint density at radius 3 is 2.85 bits per heavy atom. The molecular weight excluding hydrogens is 178 g/mol. The average molecular weight is 191 g/mol. The largest absolute Gasteiger partial charge is 0.398 e. The summed E-state index contributed by atoms with van der Waals surface area (Å²) in [5.74, 6) is 0. The highest BCUT2D eigenvalue weighted by Crippen LogP contribution is 2.32. The highest BCUT2D eigenvalue weighted by atomic mass is 32.1. The SMILES string of the molecule is CCc1csc2ccc(C)c(N)c12. The standard InChI is InChI=1S/C11H13NS/c1-3-8-6-13-9-5-4-7(2)11(12)10(8)9/h4-6H,3,12H2,1-2H3. The lowest BCUT2D eigenvalue weighted by Crippen LogP contribution is -1.91. The van der Waals surface area contributed by atoms with Crippen LogP contribution in [0, 0.1) is 6.92 Å². The van der Waals surface area contributed by atoms with Gasteiger partial charge in [0.1, 0.15) is 0 Å². The third kappa shape index (κ3) is 1.22. The van der Waals surface area contributed by atoms with Crippen LogP contribution < -0.4 is 5.73 Å². The fourth-order valence-electron chi connectivity index (χ4n) is 1.59. The van der Waals surface area contributed by atoms with E-state index in [4.69, 9.17) is 5.73 Å². The van der Waals surface area contributed by atoms with Crippen LogP contribution in [0.15, 0.2) is 17.5 Å². The number of hydrogen-bond donors (Lipinski definition) is 1. The molecule has 1 aromatic carbocycles. The summed E-state index contributed by atoms with van der Waals surface area (Å²) in [4.78, 5) is 0. The second-order valence-electron chi connectivity index (χ2n) is 3.28. The molecule has 2 heteroatoms. The van der Waals surface area contributed by atoms with E-state index in [0.717, 1.165) is 12.1 Å². The number of aryl methyl sites for hydroxylation is 2. The Morgan fingerprint density at radius 2 is 2.15 bits per heavy atom. The molecule has 0 radical (unpaired) electrons. The average Bonchev–Trinajstić information content (AvgIpc) is 2.55. The van der Waals surface area contributed by atoms with Crippen molar-refractivity contribution in [1.29, 1.82) is 0 Å². The summed E-state index contributed by atoms with van der Waals surface area (Å²) in [7, 11) is 0. The van der Waals surface area contributed by atoms with Gasteiger partial charge < -0.3 is 5.73 Å². The number of thiophene rings is 1. The van der Waals surface area contributed by atoms with Gasteiger partial charge in [-0.05, 0) is 35.9 Å². The van der Waals surface area contributed by atoms with Gasteiger partial charge in [-0.25, -0.2) is 0 Å². The number of nitrogen functional groups attached to an aromatic ring is 1. The Labute approximate surface area is 82.2 Å². The normalized spacial score (nSPS) is 10.9. The van der Waals surface area contributed by atoms with Gasteiger partial charge in [0.2, 0.25) is 0 Å². The molecule has 0 aliphatic heterocycles. The first-order valence-corrected chi connectivity index (χ1v) is 5.37. The topological polar surface area (TPSA) is 26.0 Å². The van der Waals surface area contributed by atoms with Crippen LogP contribution in [0.1, 0.15) is 18.1 Å². The molecule has 0 unspecified atom stereocenters. The molecule has 1 nitrogen and oxygen atoms in total. The molecule has 2 rings (SSSR count).